The quantitative estimate of drug-likeness (QED) is 0.693. The summed E-state index contributed by atoms with van der Waals surface area (Å²) in [5, 5.41) is 0. The fraction of sp³-hybridized carbons (Fsp3) is 0.500. The molecule has 0 saturated carbocycles. The molecule has 0 saturated heterocycles. The van der Waals surface area contributed by atoms with E-state index in [0.29, 0.717) is 18.4 Å². The molecule has 0 aliphatic carbocycles. The van der Waals surface area contributed by atoms with E-state index in [-0.39, 0.29) is 17.0 Å². The summed E-state index contributed by atoms with van der Waals surface area (Å²) in [5.41, 5.74) is 11.6. The van der Waals surface area contributed by atoms with Crippen LogP contribution in [0.5, 0.6) is 0 Å². The minimum absolute atomic E-state index is 0.0106. The molecule has 0 spiro atoms. The van der Waals surface area contributed by atoms with E-state index in [2.05, 4.69) is 4.72 Å². The number of aryl methyl sites for hydroxylation is 1. The van der Waals surface area contributed by atoms with E-state index in [0.717, 1.165) is 0 Å². The zero-order chi connectivity index (χ0) is 16.3. The number of benzene rings is 1. The second-order valence-electron chi connectivity index (χ2n) is 5.24. The fourth-order valence-electron chi connectivity index (χ4n) is 1.86. The molecule has 21 heavy (non-hydrogen) atoms. The van der Waals surface area contributed by atoms with Gasteiger partial charge in [-0.05, 0) is 37.5 Å². The highest BCUT2D eigenvalue weighted by Crippen LogP contribution is 2.16. The summed E-state index contributed by atoms with van der Waals surface area (Å²) in [6, 6.07) is 4.29. The van der Waals surface area contributed by atoms with Crippen molar-refractivity contribution >= 4 is 15.9 Å². The number of nitrogens with two attached hydrogens (primary N) is 2. The van der Waals surface area contributed by atoms with E-state index in [1.807, 2.05) is 13.8 Å². The van der Waals surface area contributed by atoms with Crippen molar-refractivity contribution in [2.24, 2.45) is 11.5 Å². The number of amides is 1. The number of carbonyl (C=O) groups excluding carboxylic acids is 1. The molecular formula is C14H23N3O3S. The summed E-state index contributed by atoms with van der Waals surface area (Å²) < 4.78 is 27.1. The lowest BCUT2D eigenvalue weighted by atomic mass is 9.95. The van der Waals surface area contributed by atoms with E-state index in [1.165, 1.54) is 12.1 Å². The summed E-state index contributed by atoms with van der Waals surface area (Å²) in [5.74, 6) is -0.653. The van der Waals surface area contributed by atoms with Crippen LogP contribution in [0.3, 0.4) is 0 Å². The van der Waals surface area contributed by atoms with Crippen molar-refractivity contribution < 1.29 is 13.2 Å². The normalized spacial score (nSPS) is 12.4. The van der Waals surface area contributed by atoms with E-state index < -0.39 is 21.5 Å². The van der Waals surface area contributed by atoms with Gasteiger partial charge in [0, 0.05) is 17.6 Å². The maximum absolute atomic E-state index is 12.3. The highest BCUT2D eigenvalue weighted by molar-refractivity contribution is 7.89. The number of nitrogens with one attached hydrogen (secondary N) is 1. The molecule has 7 heteroatoms. The average Bonchev–Trinajstić information content (AvgIpc) is 2.45. The molecule has 5 N–H and O–H groups in total. The van der Waals surface area contributed by atoms with Crippen LogP contribution < -0.4 is 16.2 Å². The maximum atomic E-state index is 12.3. The molecule has 1 amide bonds. The van der Waals surface area contributed by atoms with Crippen LogP contribution in [0.25, 0.3) is 0 Å². The fourth-order valence-corrected chi connectivity index (χ4v) is 3.02. The summed E-state index contributed by atoms with van der Waals surface area (Å²) in [7, 11) is -3.72. The molecule has 0 aliphatic rings. The molecule has 0 fully saturated rings. The average molecular weight is 313 g/mol. The van der Waals surface area contributed by atoms with Crippen LogP contribution in [0, 0.1) is 6.92 Å². The van der Waals surface area contributed by atoms with Gasteiger partial charge >= 0.3 is 0 Å². The number of carbonyl (C=O) groups is 1. The van der Waals surface area contributed by atoms with Crippen LogP contribution in [0.15, 0.2) is 23.1 Å². The van der Waals surface area contributed by atoms with Crippen molar-refractivity contribution in [1.82, 2.24) is 4.72 Å². The van der Waals surface area contributed by atoms with Crippen LogP contribution in [0.2, 0.25) is 0 Å². The summed E-state index contributed by atoms with van der Waals surface area (Å²) in [6.45, 7) is 5.66. The zero-order valence-corrected chi connectivity index (χ0v) is 13.5. The molecule has 1 aromatic rings. The molecule has 0 atom stereocenters. The first-order valence-corrected chi connectivity index (χ1v) is 8.32. The number of rotatable bonds is 7. The van der Waals surface area contributed by atoms with E-state index >= 15 is 0 Å². The van der Waals surface area contributed by atoms with Crippen molar-refractivity contribution in [1.29, 1.82) is 0 Å². The first kappa shape index (κ1) is 17.6. The third-order valence-electron chi connectivity index (χ3n) is 3.81. The molecule has 0 radical (unpaired) electrons. The number of hydrogen-bond donors (Lipinski definition) is 3. The summed E-state index contributed by atoms with van der Waals surface area (Å²) in [6.07, 6.45) is 1.32. The predicted octanol–water partition coefficient (Wildman–Crippen LogP) is 0.890. The Kier molecular flexibility index (Phi) is 5.49. The minimum Gasteiger partial charge on any atom is -0.366 e. The topological polar surface area (TPSA) is 115 Å². The first-order chi connectivity index (χ1) is 9.65. The molecular weight excluding hydrogens is 290 g/mol. The lowest BCUT2D eigenvalue weighted by molar-refractivity contribution is 0.0999. The molecule has 0 aliphatic heterocycles. The van der Waals surface area contributed by atoms with Gasteiger partial charge in [-0.2, -0.15) is 0 Å². The van der Waals surface area contributed by atoms with E-state index in [9.17, 15) is 13.2 Å². The van der Waals surface area contributed by atoms with Crippen LogP contribution >= 0.6 is 0 Å². The maximum Gasteiger partial charge on any atom is 0.249 e. The van der Waals surface area contributed by atoms with Gasteiger partial charge in [-0.3, -0.25) is 4.79 Å². The van der Waals surface area contributed by atoms with Crippen molar-refractivity contribution in [3.63, 3.8) is 0 Å². The monoisotopic (exact) mass is 313 g/mol. The Labute approximate surface area is 126 Å². The van der Waals surface area contributed by atoms with Gasteiger partial charge < -0.3 is 11.5 Å². The van der Waals surface area contributed by atoms with E-state index in [1.54, 1.807) is 13.0 Å². The van der Waals surface area contributed by atoms with Crippen molar-refractivity contribution in [3.05, 3.63) is 29.3 Å². The highest BCUT2D eigenvalue weighted by atomic mass is 32.2. The third kappa shape index (κ3) is 4.26. The summed E-state index contributed by atoms with van der Waals surface area (Å²) in [4.78, 5) is 11.3. The van der Waals surface area contributed by atoms with Gasteiger partial charge in [0.25, 0.3) is 0 Å². The van der Waals surface area contributed by atoms with Gasteiger partial charge in [0.2, 0.25) is 15.9 Å². The summed E-state index contributed by atoms with van der Waals surface area (Å²) >= 11 is 0. The molecule has 1 aromatic carbocycles. The Morgan fingerprint density at radius 1 is 1.29 bits per heavy atom. The Hall–Kier alpha value is -1.44. The minimum atomic E-state index is -3.72. The van der Waals surface area contributed by atoms with Crippen LogP contribution in [0.1, 0.15) is 42.6 Å². The lowest BCUT2D eigenvalue weighted by Gasteiger charge is -2.26. The predicted molar refractivity (Wildman–Crippen MR) is 82.4 cm³/mol. The second-order valence-corrected chi connectivity index (χ2v) is 7.00. The Balaban J connectivity index is 3.04. The third-order valence-corrected chi connectivity index (χ3v) is 5.21. The smallest absolute Gasteiger partial charge is 0.249 e. The number of primary amides is 1. The first-order valence-electron chi connectivity index (χ1n) is 6.84. The second kappa shape index (κ2) is 6.55. The van der Waals surface area contributed by atoms with Gasteiger partial charge in [-0.1, -0.05) is 19.9 Å². The van der Waals surface area contributed by atoms with Gasteiger partial charge in [0.15, 0.2) is 0 Å². The van der Waals surface area contributed by atoms with Crippen molar-refractivity contribution in [2.75, 3.05) is 6.54 Å². The van der Waals surface area contributed by atoms with Crippen LogP contribution in [-0.2, 0) is 10.0 Å². The van der Waals surface area contributed by atoms with Crippen molar-refractivity contribution in [3.8, 4) is 0 Å². The zero-order valence-electron chi connectivity index (χ0n) is 12.6. The Morgan fingerprint density at radius 2 is 1.86 bits per heavy atom. The van der Waals surface area contributed by atoms with Gasteiger partial charge in [0.1, 0.15) is 0 Å². The Morgan fingerprint density at radius 3 is 2.33 bits per heavy atom. The molecule has 6 nitrogen and oxygen atoms in total. The molecule has 0 bridgehead atoms. The molecule has 1 rings (SSSR count). The molecule has 0 unspecified atom stereocenters. The lowest BCUT2D eigenvalue weighted by Crippen LogP contribution is -2.49. The van der Waals surface area contributed by atoms with E-state index in [4.69, 9.17) is 11.5 Å². The Bertz CT molecular complexity index is 622. The van der Waals surface area contributed by atoms with Gasteiger partial charge in [-0.15, -0.1) is 0 Å². The molecule has 118 valence electrons. The number of hydrogen-bond acceptors (Lipinski definition) is 4. The van der Waals surface area contributed by atoms with Crippen LogP contribution in [0.4, 0.5) is 0 Å². The highest BCUT2D eigenvalue weighted by Gasteiger charge is 2.24. The van der Waals surface area contributed by atoms with Crippen LogP contribution in [-0.4, -0.2) is 26.4 Å². The molecule has 0 heterocycles. The SMILES string of the molecule is CCC(N)(CC)CNS(=O)(=O)c1ccc(C)c(C(N)=O)c1. The standard InChI is InChI=1S/C14H23N3O3S/c1-4-14(16,5-2)9-17-21(19,20)11-7-6-10(3)12(8-11)13(15)18/h6-8,17H,4-5,9,16H2,1-3H3,(H2,15,18). The van der Waals surface area contributed by atoms with Gasteiger partial charge in [0.05, 0.1) is 4.90 Å². The largest absolute Gasteiger partial charge is 0.366 e. The van der Waals surface area contributed by atoms with Crippen molar-refractivity contribution in [2.45, 2.75) is 44.0 Å². The van der Waals surface area contributed by atoms with Gasteiger partial charge in [-0.25, -0.2) is 13.1 Å². The molecule has 0 aromatic heterocycles. The number of sulfonamides is 1.